The zero-order valence-corrected chi connectivity index (χ0v) is 13.3. The van der Waals surface area contributed by atoms with E-state index in [4.69, 9.17) is 5.84 Å². The fourth-order valence-corrected chi connectivity index (χ4v) is 2.74. The van der Waals surface area contributed by atoms with Crippen LogP contribution in [0, 0.1) is 13.8 Å². The van der Waals surface area contributed by atoms with Crippen LogP contribution < -0.4 is 11.3 Å². The number of aromatic nitrogens is 2. The van der Waals surface area contributed by atoms with Crippen molar-refractivity contribution in [3.8, 4) is 0 Å². The van der Waals surface area contributed by atoms with Crippen molar-refractivity contribution >= 4 is 0 Å². The van der Waals surface area contributed by atoms with Crippen molar-refractivity contribution in [3.63, 3.8) is 0 Å². The third-order valence-corrected chi connectivity index (χ3v) is 3.84. The second-order valence-electron chi connectivity index (χ2n) is 5.69. The van der Waals surface area contributed by atoms with E-state index in [1.54, 1.807) is 0 Å². The minimum atomic E-state index is 0.270. The molecule has 1 aromatic heterocycles. The van der Waals surface area contributed by atoms with Crippen molar-refractivity contribution in [2.75, 3.05) is 0 Å². The van der Waals surface area contributed by atoms with Gasteiger partial charge in [-0.25, -0.2) is 0 Å². The van der Waals surface area contributed by atoms with E-state index in [1.165, 1.54) is 16.8 Å². The number of benzene rings is 1. The van der Waals surface area contributed by atoms with Gasteiger partial charge in [-0.3, -0.25) is 16.0 Å². The first-order valence-electron chi connectivity index (χ1n) is 7.67. The van der Waals surface area contributed by atoms with Crippen LogP contribution in [0.5, 0.6) is 0 Å². The van der Waals surface area contributed by atoms with Gasteiger partial charge in [-0.15, -0.1) is 0 Å². The molecule has 0 aliphatic carbocycles. The Morgan fingerprint density at radius 1 is 1.29 bits per heavy atom. The summed E-state index contributed by atoms with van der Waals surface area (Å²) in [7, 11) is 0. The molecule has 1 atom stereocenters. The Morgan fingerprint density at radius 3 is 2.76 bits per heavy atom. The number of nitrogens with zero attached hydrogens (tertiary/aromatic N) is 2. The monoisotopic (exact) mass is 286 g/mol. The van der Waals surface area contributed by atoms with Crippen molar-refractivity contribution in [3.05, 3.63) is 52.8 Å². The zero-order chi connectivity index (χ0) is 15.2. The molecule has 114 valence electrons. The van der Waals surface area contributed by atoms with Crippen molar-refractivity contribution in [2.45, 2.75) is 52.6 Å². The summed E-state index contributed by atoms with van der Waals surface area (Å²) < 4.78 is 2.06. The molecule has 0 radical (unpaired) electrons. The van der Waals surface area contributed by atoms with Crippen LogP contribution in [-0.2, 0) is 19.4 Å². The summed E-state index contributed by atoms with van der Waals surface area (Å²) in [5.74, 6) is 5.73. The second kappa shape index (κ2) is 7.38. The molecule has 0 saturated heterocycles. The fourth-order valence-electron chi connectivity index (χ4n) is 2.74. The lowest BCUT2D eigenvalue weighted by Crippen LogP contribution is -2.37. The van der Waals surface area contributed by atoms with E-state index in [-0.39, 0.29) is 6.04 Å². The summed E-state index contributed by atoms with van der Waals surface area (Å²) in [4.78, 5) is 0. The van der Waals surface area contributed by atoms with Crippen molar-refractivity contribution in [2.24, 2.45) is 5.84 Å². The van der Waals surface area contributed by atoms with Gasteiger partial charge in [0, 0.05) is 24.7 Å². The number of nitrogens with one attached hydrogen (secondary N) is 1. The quantitative estimate of drug-likeness (QED) is 0.607. The number of hydrogen-bond acceptors (Lipinski definition) is 3. The van der Waals surface area contributed by atoms with Crippen LogP contribution in [0.15, 0.2) is 30.3 Å². The molecular formula is C17H26N4. The standard InChI is InChI=1S/C17H26N4/c1-4-21-17(11-14(3)20-21)12-16(19-18)9-8-15-7-5-6-13(2)10-15/h5-7,10-11,16,19H,4,8-9,12,18H2,1-3H3. The van der Waals surface area contributed by atoms with Gasteiger partial charge in [0.2, 0.25) is 0 Å². The molecule has 2 rings (SSSR count). The highest BCUT2D eigenvalue weighted by Crippen LogP contribution is 2.12. The molecule has 2 aromatic rings. The Balaban J connectivity index is 1.96. The van der Waals surface area contributed by atoms with Gasteiger partial charge in [0.25, 0.3) is 0 Å². The van der Waals surface area contributed by atoms with Crippen LogP contribution in [-0.4, -0.2) is 15.8 Å². The number of nitrogens with two attached hydrogens (primary N) is 1. The Bertz CT molecular complexity index is 574. The highest BCUT2D eigenvalue weighted by Gasteiger charge is 2.12. The maximum Gasteiger partial charge on any atom is 0.0596 e. The minimum absolute atomic E-state index is 0.270. The van der Waals surface area contributed by atoms with Gasteiger partial charge in [0.05, 0.1) is 5.69 Å². The van der Waals surface area contributed by atoms with Gasteiger partial charge in [-0.1, -0.05) is 29.8 Å². The maximum absolute atomic E-state index is 5.73. The minimum Gasteiger partial charge on any atom is -0.271 e. The summed E-state index contributed by atoms with van der Waals surface area (Å²) in [6, 6.07) is 11.1. The van der Waals surface area contributed by atoms with Crippen molar-refractivity contribution < 1.29 is 0 Å². The molecule has 4 nitrogen and oxygen atoms in total. The van der Waals surface area contributed by atoms with E-state index in [0.29, 0.717) is 0 Å². The molecule has 0 fully saturated rings. The Labute approximate surface area is 127 Å². The van der Waals surface area contributed by atoms with E-state index in [2.05, 4.69) is 59.4 Å². The third-order valence-electron chi connectivity index (χ3n) is 3.84. The predicted molar refractivity (Wildman–Crippen MR) is 87.0 cm³/mol. The molecule has 1 heterocycles. The molecule has 1 unspecified atom stereocenters. The average Bonchev–Trinajstić information content (AvgIpc) is 2.83. The number of rotatable bonds is 7. The summed E-state index contributed by atoms with van der Waals surface area (Å²) in [6.45, 7) is 7.18. The lowest BCUT2D eigenvalue weighted by molar-refractivity contribution is 0.471. The van der Waals surface area contributed by atoms with Gasteiger partial charge in [0.15, 0.2) is 0 Å². The fraction of sp³-hybridized carbons (Fsp3) is 0.471. The Morgan fingerprint density at radius 2 is 2.10 bits per heavy atom. The molecule has 21 heavy (non-hydrogen) atoms. The molecular weight excluding hydrogens is 260 g/mol. The highest BCUT2D eigenvalue weighted by molar-refractivity contribution is 5.22. The van der Waals surface area contributed by atoms with Crippen LogP contribution in [0.1, 0.15) is 35.9 Å². The number of hydrogen-bond donors (Lipinski definition) is 2. The molecule has 0 bridgehead atoms. The molecule has 1 aromatic carbocycles. The molecule has 0 saturated carbocycles. The van der Waals surface area contributed by atoms with Gasteiger partial charge in [-0.2, -0.15) is 5.10 Å². The van der Waals surface area contributed by atoms with Gasteiger partial charge in [0.1, 0.15) is 0 Å². The van der Waals surface area contributed by atoms with E-state index >= 15 is 0 Å². The topological polar surface area (TPSA) is 55.9 Å². The maximum atomic E-state index is 5.73. The lowest BCUT2D eigenvalue weighted by Gasteiger charge is -2.16. The molecule has 0 amide bonds. The first-order valence-corrected chi connectivity index (χ1v) is 7.67. The Hall–Kier alpha value is -1.65. The lowest BCUT2D eigenvalue weighted by atomic mass is 10.0. The largest absolute Gasteiger partial charge is 0.271 e. The SMILES string of the molecule is CCn1nc(C)cc1CC(CCc1cccc(C)c1)NN. The van der Waals surface area contributed by atoms with Crippen molar-refractivity contribution in [1.29, 1.82) is 0 Å². The number of aryl methyl sites for hydroxylation is 4. The smallest absolute Gasteiger partial charge is 0.0596 e. The van der Waals surface area contributed by atoms with Crippen LogP contribution in [0.4, 0.5) is 0 Å². The van der Waals surface area contributed by atoms with Crippen molar-refractivity contribution in [1.82, 2.24) is 15.2 Å². The average molecular weight is 286 g/mol. The summed E-state index contributed by atoms with van der Waals surface area (Å²) in [5.41, 5.74) is 7.96. The first-order chi connectivity index (χ1) is 10.1. The van der Waals surface area contributed by atoms with Gasteiger partial charge >= 0.3 is 0 Å². The normalized spacial score (nSPS) is 12.6. The molecule has 0 aliphatic heterocycles. The molecule has 4 heteroatoms. The molecule has 0 aliphatic rings. The summed E-state index contributed by atoms with van der Waals surface area (Å²) in [5, 5.41) is 4.49. The Kier molecular flexibility index (Phi) is 5.53. The zero-order valence-electron chi connectivity index (χ0n) is 13.3. The summed E-state index contributed by atoms with van der Waals surface area (Å²) in [6.07, 6.45) is 2.97. The van der Waals surface area contributed by atoms with E-state index in [0.717, 1.165) is 31.5 Å². The molecule has 3 N–H and O–H groups in total. The van der Waals surface area contributed by atoms with E-state index in [1.807, 2.05) is 6.92 Å². The summed E-state index contributed by atoms with van der Waals surface area (Å²) >= 11 is 0. The second-order valence-corrected chi connectivity index (χ2v) is 5.69. The van der Waals surface area contributed by atoms with E-state index < -0.39 is 0 Å². The van der Waals surface area contributed by atoms with Crippen LogP contribution in [0.25, 0.3) is 0 Å². The van der Waals surface area contributed by atoms with E-state index in [9.17, 15) is 0 Å². The van der Waals surface area contributed by atoms with Gasteiger partial charge < -0.3 is 0 Å². The van der Waals surface area contributed by atoms with Crippen LogP contribution in [0.3, 0.4) is 0 Å². The van der Waals surface area contributed by atoms with Gasteiger partial charge in [-0.05, 0) is 45.2 Å². The third kappa shape index (κ3) is 4.41. The predicted octanol–water partition coefficient (Wildman–Crippen LogP) is 2.53. The first kappa shape index (κ1) is 15.7. The number of hydrazine groups is 1. The van der Waals surface area contributed by atoms with Crippen LogP contribution in [0.2, 0.25) is 0 Å². The molecule has 0 spiro atoms. The van der Waals surface area contributed by atoms with Crippen LogP contribution >= 0.6 is 0 Å². The highest BCUT2D eigenvalue weighted by atomic mass is 15.3.